The zero-order valence-electron chi connectivity index (χ0n) is 9.13. The first-order valence-electron chi connectivity index (χ1n) is 6.09. The molecule has 82 valence electrons. The van der Waals surface area contributed by atoms with Gasteiger partial charge in [-0.3, -0.25) is 0 Å². The number of aromatic amines is 1. The molecule has 0 bridgehead atoms. The van der Waals surface area contributed by atoms with Crippen LogP contribution in [0.25, 0.3) is 0 Å². The predicted molar refractivity (Wildman–Crippen MR) is 59.6 cm³/mol. The first kappa shape index (κ1) is 9.46. The molecule has 0 radical (unpaired) electrons. The third-order valence-corrected chi connectivity index (χ3v) is 4.45. The summed E-state index contributed by atoms with van der Waals surface area (Å²) >= 11 is 0. The van der Waals surface area contributed by atoms with Crippen molar-refractivity contribution in [2.24, 2.45) is 5.41 Å². The molecule has 0 aliphatic heterocycles. The SMILES string of the molecule is OC1(Cc2ccc[nH]2)CC12CCCCC2. The molecule has 2 N–H and O–H groups in total. The van der Waals surface area contributed by atoms with Crippen molar-refractivity contribution in [1.82, 2.24) is 4.98 Å². The molecule has 1 unspecified atom stereocenters. The second kappa shape index (κ2) is 3.11. The summed E-state index contributed by atoms with van der Waals surface area (Å²) in [5, 5.41) is 10.6. The van der Waals surface area contributed by atoms with Gasteiger partial charge in [-0.2, -0.15) is 0 Å². The lowest BCUT2D eigenvalue weighted by atomic mass is 9.82. The number of rotatable bonds is 2. The van der Waals surface area contributed by atoms with Crippen LogP contribution in [0.2, 0.25) is 0 Å². The van der Waals surface area contributed by atoms with Crippen molar-refractivity contribution in [3.63, 3.8) is 0 Å². The van der Waals surface area contributed by atoms with Crippen LogP contribution in [0, 0.1) is 5.41 Å². The summed E-state index contributed by atoms with van der Waals surface area (Å²) < 4.78 is 0. The summed E-state index contributed by atoms with van der Waals surface area (Å²) in [6.07, 6.45) is 10.3. The molecule has 1 atom stereocenters. The van der Waals surface area contributed by atoms with Gasteiger partial charge in [-0.25, -0.2) is 0 Å². The van der Waals surface area contributed by atoms with Crippen LogP contribution >= 0.6 is 0 Å². The summed E-state index contributed by atoms with van der Waals surface area (Å²) in [5.74, 6) is 0. The summed E-state index contributed by atoms with van der Waals surface area (Å²) in [6.45, 7) is 0. The van der Waals surface area contributed by atoms with Crippen molar-refractivity contribution in [1.29, 1.82) is 0 Å². The van der Waals surface area contributed by atoms with E-state index in [1.165, 1.54) is 37.8 Å². The quantitative estimate of drug-likeness (QED) is 0.765. The molecule has 0 aromatic carbocycles. The minimum atomic E-state index is -0.391. The van der Waals surface area contributed by atoms with Crippen molar-refractivity contribution in [2.75, 3.05) is 0 Å². The Hall–Kier alpha value is -0.760. The monoisotopic (exact) mass is 205 g/mol. The van der Waals surface area contributed by atoms with Crippen LogP contribution in [0.3, 0.4) is 0 Å². The van der Waals surface area contributed by atoms with Gasteiger partial charge in [0.2, 0.25) is 0 Å². The van der Waals surface area contributed by atoms with E-state index in [9.17, 15) is 5.11 Å². The molecule has 1 aromatic rings. The fourth-order valence-corrected chi connectivity index (χ4v) is 3.43. The van der Waals surface area contributed by atoms with Crippen LogP contribution in [0.15, 0.2) is 18.3 Å². The summed E-state index contributed by atoms with van der Waals surface area (Å²) in [6, 6.07) is 4.08. The Balaban J connectivity index is 1.72. The summed E-state index contributed by atoms with van der Waals surface area (Å²) in [4.78, 5) is 3.20. The number of nitrogens with one attached hydrogen (secondary N) is 1. The average molecular weight is 205 g/mol. The Morgan fingerprint density at radius 1 is 1.27 bits per heavy atom. The van der Waals surface area contributed by atoms with E-state index in [0.717, 1.165) is 12.8 Å². The van der Waals surface area contributed by atoms with Gasteiger partial charge in [0.05, 0.1) is 5.60 Å². The lowest BCUT2D eigenvalue weighted by Crippen LogP contribution is -2.25. The minimum Gasteiger partial charge on any atom is -0.389 e. The van der Waals surface area contributed by atoms with Gasteiger partial charge < -0.3 is 10.1 Å². The van der Waals surface area contributed by atoms with E-state index in [1.54, 1.807) is 0 Å². The molecule has 3 rings (SSSR count). The normalized spacial score (nSPS) is 33.1. The number of aliphatic hydroxyl groups is 1. The van der Waals surface area contributed by atoms with E-state index < -0.39 is 5.60 Å². The van der Waals surface area contributed by atoms with E-state index in [4.69, 9.17) is 0 Å². The van der Waals surface area contributed by atoms with Crippen LogP contribution in [-0.2, 0) is 6.42 Å². The van der Waals surface area contributed by atoms with E-state index in [0.29, 0.717) is 0 Å². The molecule has 0 saturated heterocycles. The zero-order valence-corrected chi connectivity index (χ0v) is 9.13. The van der Waals surface area contributed by atoms with Crippen molar-refractivity contribution in [2.45, 2.75) is 50.5 Å². The minimum absolute atomic E-state index is 0.288. The van der Waals surface area contributed by atoms with Crippen LogP contribution in [0.4, 0.5) is 0 Å². The summed E-state index contributed by atoms with van der Waals surface area (Å²) in [5.41, 5.74) is 1.08. The maximum atomic E-state index is 10.6. The highest BCUT2D eigenvalue weighted by atomic mass is 16.3. The van der Waals surface area contributed by atoms with Crippen molar-refractivity contribution < 1.29 is 5.11 Å². The van der Waals surface area contributed by atoms with Gasteiger partial charge in [0.1, 0.15) is 0 Å². The van der Waals surface area contributed by atoms with Crippen LogP contribution in [0.1, 0.15) is 44.2 Å². The Morgan fingerprint density at radius 3 is 2.73 bits per heavy atom. The summed E-state index contributed by atoms with van der Waals surface area (Å²) in [7, 11) is 0. The Morgan fingerprint density at radius 2 is 2.07 bits per heavy atom. The predicted octanol–water partition coefficient (Wildman–Crippen LogP) is 2.64. The molecule has 1 spiro atoms. The van der Waals surface area contributed by atoms with Gasteiger partial charge in [-0.15, -0.1) is 0 Å². The highest BCUT2D eigenvalue weighted by Gasteiger charge is 2.65. The number of hydrogen-bond donors (Lipinski definition) is 2. The maximum Gasteiger partial charge on any atom is 0.0765 e. The van der Waals surface area contributed by atoms with Gasteiger partial charge >= 0.3 is 0 Å². The van der Waals surface area contributed by atoms with E-state index in [-0.39, 0.29) is 5.41 Å². The van der Waals surface area contributed by atoms with Crippen LogP contribution in [-0.4, -0.2) is 15.7 Å². The van der Waals surface area contributed by atoms with Gasteiger partial charge in [-0.1, -0.05) is 19.3 Å². The van der Waals surface area contributed by atoms with Gasteiger partial charge in [0.15, 0.2) is 0 Å². The average Bonchev–Trinajstić information content (AvgIpc) is 2.65. The topological polar surface area (TPSA) is 36.0 Å². The molecule has 2 fully saturated rings. The van der Waals surface area contributed by atoms with Gasteiger partial charge in [-0.05, 0) is 31.4 Å². The number of aromatic nitrogens is 1. The molecule has 2 nitrogen and oxygen atoms in total. The third-order valence-electron chi connectivity index (χ3n) is 4.45. The maximum absolute atomic E-state index is 10.6. The van der Waals surface area contributed by atoms with Crippen LogP contribution in [0.5, 0.6) is 0 Å². The van der Waals surface area contributed by atoms with E-state index in [1.807, 2.05) is 12.3 Å². The molecule has 2 aliphatic carbocycles. The van der Waals surface area contributed by atoms with Crippen LogP contribution < -0.4 is 0 Å². The highest BCUT2D eigenvalue weighted by Crippen LogP contribution is 2.65. The molecule has 2 heteroatoms. The molecule has 2 aliphatic rings. The first-order valence-corrected chi connectivity index (χ1v) is 6.09. The second-order valence-electron chi connectivity index (χ2n) is 5.42. The molecule has 0 amide bonds. The molecule has 2 saturated carbocycles. The Labute approximate surface area is 90.7 Å². The zero-order chi connectivity index (χ0) is 10.4. The molecular weight excluding hydrogens is 186 g/mol. The van der Waals surface area contributed by atoms with E-state index >= 15 is 0 Å². The smallest absolute Gasteiger partial charge is 0.0765 e. The lowest BCUT2D eigenvalue weighted by Gasteiger charge is -2.25. The van der Waals surface area contributed by atoms with Crippen molar-refractivity contribution >= 4 is 0 Å². The Bertz CT molecular complexity index is 337. The number of hydrogen-bond acceptors (Lipinski definition) is 1. The molecule has 1 heterocycles. The Kier molecular flexibility index (Phi) is 1.96. The molecule has 15 heavy (non-hydrogen) atoms. The van der Waals surface area contributed by atoms with Crippen molar-refractivity contribution in [3.05, 3.63) is 24.0 Å². The highest BCUT2D eigenvalue weighted by molar-refractivity contribution is 5.22. The number of H-pyrrole nitrogens is 1. The molecule has 1 aromatic heterocycles. The lowest BCUT2D eigenvalue weighted by molar-refractivity contribution is 0.0789. The van der Waals surface area contributed by atoms with E-state index in [2.05, 4.69) is 11.1 Å². The standard InChI is InChI=1S/C13H19NO/c15-13(9-11-5-4-8-14-11)10-12(13)6-2-1-3-7-12/h4-5,8,14-15H,1-3,6-7,9-10H2. The largest absolute Gasteiger partial charge is 0.389 e. The third kappa shape index (κ3) is 1.43. The van der Waals surface area contributed by atoms with Gasteiger partial charge in [0.25, 0.3) is 0 Å². The van der Waals surface area contributed by atoms with Crippen molar-refractivity contribution in [3.8, 4) is 0 Å². The fourth-order valence-electron chi connectivity index (χ4n) is 3.43. The molecular formula is C13H19NO. The first-order chi connectivity index (χ1) is 7.24. The second-order valence-corrected chi connectivity index (χ2v) is 5.42. The van der Waals surface area contributed by atoms with Gasteiger partial charge in [0, 0.05) is 23.7 Å². The fraction of sp³-hybridized carbons (Fsp3) is 0.692.